The molecule has 0 bridgehead atoms. The highest BCUT2D eigenvalue weighted by Crippen LogP contribution is 2.33. The van der Waals surface area contributed by atoms with E-state index < -0.39 is 0 Å². The number of halogens is 1. The number of carbonyl (C=O) groups excluding carboxylic acids is 1. The Kier molecular flexibility index (Phi) is 5.69. The van der Waals surface area contributed by atoms with Gasteiger partial charge >= 0.3 is 0 Å². The SMILES string of the molecule is O=C(Nc1nccs1)C(CC1CCCCC1)N1Cc2ccc(NF)cc2C1. The first-order chi connectivity index (χ1) is 13.2. The van der Waals surface area contributed by atoms with Crippen LogP contribution in [0.4, 0.5) is 15.3 Å². The Hall–Kier alpha value is -1.99. The van der Waals surface area contributed by atoms with E-state index in [0.29, 0.717) is 23.3 Å². The van der Waals surface area contributed by atoms with E-state index in [1.54, 1.807) is 17.8 Å². The van der Waals surface area contributed by atoms with Crippen LogP contribution in [0.1, 0.15) is 49.7 Å². The van der Waals surface area contributed by atoms with Crippen LogP contribution < -0.4 is 10.9 Å². The van der Waals surface area contributed by atoms with Gasteiger partial charge in [-0.3, -0.25) is 9.69 Å². The fourth-order valence-corrected chi connectivity index (χ4v) is 4.87. The van der Waals surface area contributed by atoms with Crippen molar-refractivity contribution < 1.29 is 9.28 Å². The summed E-state index contributed by atoms with van der Waals surface area (Å²) in [5, 5.41) is 5.50. The molecule has 2 N–H and O–H groups in total. The molecular formula is C20H25FN4OS. The molecule has 1 aromatic heterocycles. The summed E-state index contributed by atoms with van der Waals surface area (Å²) >= 11 is 1.44. The third-order valence-electron chi connectivity index (χ3n) is 5.75. The molecule has 5 nitrogen and oxygen atoms in total. The molecular weight excluding hydrogens is 363 g/mol. The third-order valence-corrected chi connectivity index (χ3v) is 6.44. The van der Waals surface area contributed by atoms with Gasteiger partial charge < -0.3 is 5.32 Å². The van der Waals surface area contributed by atoms with Crippen molar-refractivity contribution in [2.45, 2.75) is 57.7 Å². The lowest BCUT2D eigenvalue weighted by atomic mass is 9.84. The lowest BCUT2D eigenvalue weighted by molar-refractivity contribution is -0.122. The maximum atomic E-state index is 13.1. The van der Waals surface area contributed by atoms with E-state index >= 15 is 0 Å². The average Bonchev–Trinajstić information content (AvgIpc) is 3.35. The second-order valence-electron chi connectivity index (χ2n) is 7.57. The molecule has 1 fully saturated rings. The van der Waals surface area contributed by atoms with Gasteiger partial charge in [0.1, 0.15) is 0 Å². The molecule has 0 radical (unpaired) electrons. The Bertz CT molecular complexity index is 776. The standard InChI is InChI=1S/C20H25FN4OS/c21-24-17-7-6-15-12-25(13-16(15)11-17)18(10-14-4-2-1-3-5-14)19(26)23-20-22-8-9-27-20/h6-9,11,14,18,24H,1-5,10,12-13H2,(H,22,23,26). The smallest absolute Gasteiger partial charge is 0.243 e. The van der Waals surface area contributed by atoms with Gasteiger partial charge in [0, 0.05) is 24.7 Å². The van der Waals surface area contributed by atoms with E-state index in [0.717, 1.165) is 18.5 Å². The number of aromatic nitrogens is 1. The molecule has 1 unspecified atom stereocenters. The zero-order chi connectivity index (χ0) is 18.6. The van der Waals surface area contributed by atoms with Gasteiger partial charge in [-0.25, -0.2) is 10.5 Å². The van der Waals surface area contributed by atoms with Crippen LogP contribution in [0, 0.1) is 5.92 Å². The zero-order valence-corrected chi connectivity index (χ0v) is 16.1. The number of fused-ring (bicyclic) bond motifs is 1. The fourth-order valence-electron chi connectivity index (χ4n) is 4.33. The molecule has 1 amide bonds. The fraction of sp³-hybridized carbons (Fsp3) is 0.500. The van der Waals surface area contributed by atoms with Crippen molar-refractivity contribution in [2.24, 2.45) is 5.92 Å². The van der Waals surface area contributed by atoms with Crippen LogP contribution in [0.5, 0.6) is 0 Å². The second kappa shape index (κ2) is 8.35. The van der Waals surface area contributed by atoms with Crippen LogP contribution >= 0.6 is 11.3 Å². The lowest BCUT2D eigenvalue weighted by Crippen LogP contribution is -2.42. The van der Waals surface area contributed by atoms with Crippen molar-refractivity contribution in [2.75, 3.05) is 10.9 Å². The number of carbonyl (C=O) groups is 1. The third kappa shape index (κ3) is 4.30. The number of nitrogens with one attached hydrogen (secondary N) is 2. The lowest BCUT2D eigenvalue weighted by Gasteiger charge is -2.31. The number of benzene rings is 1. The van der Waals surface area contributed by atoms with Crippen LogP contribution in [0.25, 0.3) is 0 Å². The van der Waals surface area contributed by atoms with E-state index in [1.807, 2.05) is 17.5 Å². The largest absolute Gasteiger partial charge is 0.301 e. The Morgan fingerprint density at radius 3 is 2.81 bits per heavy atom. The highest BCUT2D eigenvalue weighted by Gasteiger charge is 2.33. The summed E-state index contributed by atoms with van der Waals surface area (Å²) in [6, 6.07) is 5.35. The number of anilines is 2. The van der Waals surface area contributed by atoms with Crippen LogP contribution in [0.3, 0.4) is 0 Å². The van der Waals surface area contributed by atoms with E-state index in [9.17, 15) is 9.28 Å². The minimum absolute atomic E-state index is 0.0205. The second-order valence-corrected chi connectivity index (χ2v) is 8.46. The van der Waals surface area contributed by atoms with Crippen LogP contribution in [0.2, 0.25) is 0 Å². The predicted molar refractivity (Wildman–Crippen MR) is 106 cm³/mol. The zero-order valence-electron chi connectivity index (χ0n) is 15.3. The first kappa shape index (κ1) is 18.4. The normalized spacial score (nSPS) is 18.9. The first-order valence-electron chi connectivity index (χ1n) is 9.66. The van der Waals surface area contributed by atoms with Crippen LogP contribution in [-0.4, -0.2) is 21.8 Å². The monoisotopic (exact) mass is 388 g/mol. The van der Waals surface area contributed by atoms with Gasteiger partial charge in [0.25, 0.3) is 0 Å². The van der Waals surface area contributed by atoms with E-state index in [2.05, 4.69) is 15.2 Å². The highest BCUT2D eigenvalue weighted by molar-refractivity contribution is 7.13. The number of hydrogen-bond acceptors (Lipinski definition) is 5. The quantitative estimate of drug-likeness (QED) is 0.702. The molecule has 7 heteroatoms. The van der Waals surface area contributed by atoms with Crippen molar-refractivity contribution in [1.82, 2.24) is 9.88 Å². The molecule has 2 aliphatic rings. The number of hydrogen-bond donors (Lipinski definition) is 2. The molecule has 2 heterocycles. The minimum atomic E-state index is -0.189. The molecule has 0 spiro atoms. The van der Waals surface area contributed by atoms with E-state index in [1.165, 1.54) is 49.0 Å². The molecule has 0 saturated heterocycles. The molecule has 1 saturated carbocycles. The maximum absolute atomic E-state index is 13.1. The molecule has 4 rings (SSSR count). The summed E-state index contributed by atoms with van der Waals surface area (Å²) in [4.78, 5) is 19.5. The Morgan fingerprint density at radius 1 is 1.26 bits per heavy atom. The molecule has 1 aliphatic carbocycles. The molecule has 144 valence electrons. The van der Waals surface area contributed by atoms with Gasteiger partial charge in [-0.2, -0.15) is 0 Å². The van der Waals surface area contributed by atoms with Gasteiger partial charge in [-0.15, -0.1) is 15.8 Å². The van der Waals surface area contributed by atoms with Gasteiger partial charge in [0.15, 0.2) is 5.13 Å². The number of thiazole rings is 1. The highest BCUT2D eigenvalue weighted by atomic mass is 32.1. The van der Waals surface area contributed by atoms with E-state index in [-0.39, 0.29) is 11.9 Å². The number of amides is 1. The van der Waals surface area contributed by atoms with Gasteiger partial charge in [-0.1, -0.05) is 38.2 Å². The Morgan fingerprint density at radius 2 is 2.07 bits per heavy atom. The van der Waals surface area contributed by atoms with Crippen molar-refractivity contribution in [3.63, 3.8) is 0 Å². The average molecular weight is 389 g/mol. The first-order valence-corrected chi connectivity index (χ1v) is 10.5. The number of nitrogens with zero attached hydrogens (tertiary/aromatic N) is 2. The van der Waals surface area contributed by atoms with E-state index in [4.69, 9.17) is 0 Å². The summed E-state index contributed by atoms with van der Waals surface area (Å²) in [5.74, 6) is 0.616. The summed E-state index contributed by atoms with van der Waals surface area (Å²) in [5.41, 5.74) is 4.44. The topological polar surface area (TPSA) is 57.3 Å². The van der Waals surface area contributed by atoms with Gasteiger partial charge in [0.05, 0.1) is 11.7 Å². The van der Waals surface area contributed by atoms with Crippen molar-refractivity contribution >= 4 is 28.1 Å². The van der Waals surface area contributed by atoms with Crippen LogP contribution in [-0.2, 0) is 17.9 Å². The molecule has 1 aromatic carbocycles. The maximum Gasteiger partial charge on any atom is 0.243 e. The summed E-state index contributed by atoms with van der Waals surface area (Å²) in [7, 11) is 0. The molecule has 2 aromatic rings. The van der Waals surface area contributed by atoms with Crippen LogP contribution in [0.15, 0.2) is 29.8 Å². The van der Waals surface area contributed by atoms with Crippen molar-refractivity contribution in [1.29, 1.82) is 0 Å². The molecule has 1 aliphatic heterocycles. The number of rotatable bonds is 6. The van der Waals surface area contributed by atoms with Crippen molar-refractivity contribution in [3.8, 4) is 0 Å². The summed E-state index contributed by atoms with van der Waals surface area (Å²) in [6.45, 7) is 1.40. The summed E-state index contributed by atoms with van der Waals surface area (Å²) in [6.07, 6.45) is 8.82. The van der Waals surface area contributed by atoms with Gasteiger partial charge in [0.2, 0.25) is 5.91 Å². The molecule has 27 heavy (non-hydrogen) atoms. The van der Waals surface area contributed by atoms with Crippen molar-refractivity contribution in [3.05, 3.63) is 40.9 Å². The Labute approximate surface area is 162 Å². The minimum Gasteiger partial charge on any atom is -0.301 e. The Balaban J connectivity index is 1.51. The summed E-state index contributed by atoms with van der Waals surface area (Å²) < 4.78 is 12.8. The molecule has 1 atom stereocenters. The predicted octanol–water partition coefficient (Wildman–Crippen LogP) is 4.73. The van der Waals surface area contributed by atoms with Gasteiger partial charge in [-0.05, 0) is 35.6 Å².